The predicted octanol–water partition coefficient (Wildman–Crippen LogP) is 0.867. The monoisotopic (exact) mass is 290 g/mol. The molecule has 1 saturated heterocycles. The summed E-state index contributed by atoms with van der Waals surface area (Å²) >= 11 is 0. The largest absolute Gasteiger partial charge is 0.384 e. The number of benzene rings is 1. The van der Waals surface area contributed by atoms with Gasteiger partial charge in [0.1, 0.15) is 12.4 Å². The highest BCUT2D eigenvalue weighted by atomic mass is 19.1. The van der Waals surface area contributed by atoms with Crippen molar-refractivity contribution in [3.05, 3.63) is 35.1 Å². The molecule has 112 valence electrons. The number of carbonyl (C=O) groups is 1. The molecule has 0 spiro atoms. The van der Waals surface area contributed by atoms with Gasteiger partial charge in [0.25, 0.3) is 0 Å². The fourth-order valence-corrected chi connectivity index (χ4v) is 2.55. The lowest BCUT2D eigenvalue weighted by Crippen LogP contribution is -2.36. The molecule has 1 atom stereocenters. The first-order chi connectivity index (χ1) is 9.94. The zero-order valence-corrected chi connectivity index (χ0v) is 12.0. The van der Waals surface area contributed by atoms with Crippen molar-refractivity contribution in [3.63, 3.8) is 0 Å². The summed E-state index contributed by atoms with van der Waals surface area (Å²) in [5.74, 6) is 4.36. The number of aliphatic hydroxyl groups is 1. The Labute approximate surface area is 123 Å². The third kappa shape index (κ3) is 3.60. The van der Waals surface area contributed by atoms with Crippen LogP contribution in [0.25, 0.3) is 0 Å². The number of nitrogens with two attached hydrogens (primary N) is 1. The normalized spacial score (nSPS) is 21.9. The van der Waals surface area contributed by atoms with Crippen LogP contribution in [0.1, 0.15) is 24.5 Å². The Balaban J connectivity index is 2.09. The SMILES string of the molecule is CC1(C(N)=O)CCN(Cc2ccc(F)c(C#CCO)c2)C1. The molecule has 1 aromatic carbocycles. The fraction of sp³-hybridized carbons (Fsp3) is 0.438. The Bertz CT molecular complexity index is 606. The molecule has 0 bridgehead atoms. The number of nitrogens with zero attached hydrogens (tertiary/aromatic N) is 1. The molecule has 0 saturated carbocycles. The van der Waals surface area contributed by atoms with Gasteiger partial charge in [0.05, 0.1) is 11.0 Å². The van der Waals surface area contributed by atoms with E-state index in [1.165, 1.54) is 6.07 Å². The van der Waals surface area contributed by atoms with Gasteiger partial charge in [-0.05, 0) is 37.6 Å². The van der Waals surface area contributed by atoms with E-state index >= 15 is 0 Å². The van der Waals surface area contributed by atoms with Crippen molar-refractivity contribution in [2.24, 2.45) is 11.1 Å². The van der Waals surface area contributed by atoms with E-state index in [0.29, 0.717) is 13.1 Å². The number of aliphatic hydroxyl groups excluding tert-OH is 1. The first kappa shape index (κ1) is 15.5. The zero-order valence-electron chi connectivity index (χ0n) is 12.0. The highest BCUT2D eigenvalue weighted by molar-refractivity contribution is 5.81. The number of hydrogen-bond acceptors (Lipinski definition) is 3. The molecule has 2 rings (SSSR count). The van der Waals surface area contributed by atoms with Gasteiger partial charge in [0, 0.05) is 13.1 Å². The highest BCUT2D eigenvalue weighted by Gasteiger charge is 2.38. The molecule has 1 unspecified atom stereocenters. The summed E-state index contributed by atoms with van der Waals surface area (Å²) in [6, 6.07) is 4.76. The number of likely N-dealkylation sites (tertiary alicyclic amines) is 1. The number of carbonyl (C=O) groups excluding carboxylic acids is 1. The maximum absolute atomic E-state index is 13.6. The lowest BCUT2D eigenvalue weighted by molar-refractivity contribution is -0.126. The molecule has 0 aromatic heterocycles. The van der Waals surface area contributed by atoms with E-state index in [1.807, 2.05) is 6.92 Å². The highest BCUT2D eigenvalue weighted by Crippen LogP contribution is 2.30. The van der Waals surface area contributed by atoms with Crippen LogP contribution in [0.5, 0.6) is 0 Å². The molecule has 5 heteroatoms. The van der Waals surface area contributed by atoms with E-state index in [4.69, 9.17) is 10.8 Å². The molecule has 1 aliphatic heterocycles. The van der Waals surface area contributed by atoms with E-state index in [9.17, 15) is 9.18 Å². The second kappa shape index (κ2) is 6.25. The average molecular weight is 290 g/mol. The van der Waals surface area contributed by atoms with E-state index < -0.39 is 11.2 Å². The Kier molecular flexibility index (Phi) is 4.61. The van der Waals surface area contributed by atoms with Crippen molar-refractivity contribution in [1.82, 2.24) is 4.90 Å². The lowest BCUT2D eigenvalue weighted by Gasteiger charge is -2.21. The summed E-state index contributed by atoms with van der Waals surface area (Å²) in [6.07, 6.45) is 0.737. The van der Waals surface area contributed by atoms with Crippen LogP contribution in [0, 0.1) is 23.1 Å². The van der Waals surface area contributed by atoms with Gasteiger partial charge >= 0.3 is 0 Å². The minimum atomic E-state index is -0.487. The van der Waals surface area contributed by atoms with Gasteiger partial charge in [0.2, 0.25) is 5.91 Å². The van der Waals surface area contributed by atoms with Crippen molar-refractivity contribution in [2.75, 3.05) is 19.7 Å². The average Bonchev–Trinajstić information content (AvgIpc) is 2.82. The third-order valence-corrected chi connectivity index (χ3v) is 3.89. The Hall–Kier alpha value is -1.90. The molecule has 1 aliphatic rings. The van der Waals surface area contributed by atoms with Crippen molar-refractivity contribution in [2.45, 2.75) is 19.9 Å². The van der Waals surface area contributed by atoms with Crippen LogP contribution in [-0.2, 0) is 11.3 Å². The van der Waals surface area contributed by atoms with Crippen LogP contribution >= 0.6 is 0 Å². The number of rotatable bonds is 3. The lowest BCUT2D eigenvalue weighted by atomic mass is 9.89. The zero-order chi connectivity index (χ0) is 15.5. The summed E-state index contributed by atoms with van der Waals surface area (Å²) < 4.78 is 13.6. The molecule has 1 heterocycles. The standard InChI is InChI=1S/C16H19FN2O2/c1-16(15(18)21)6-7-19(11-16)10-12-4-5-14(17)13(9-12)3-2-8-20/h4-5,9,20H,6-8,10-11H2,1H3,(H2,18,21). The van der Waals surface area contributed by atoms with Gasteiger partial charge in [-0.25, -0.2) is 4.39 Å². The van der Waals surface area contributed by atoms with Crippen LogP contribution in [0.4, 0.5) is 4.39 Å². The van der Waals surface area contributed by atoms with E-state index in [-0.39, 0.29) is 18.1 Å². The minimum absolute atomic E-state index is 0.276. The molecule has 1 fully saturated rings. The summed E-state index contributed by atoms with van der Waals surface area (Å²) in [5.41, 5.74) is 6.14. The Morgan fingerprint density at radius 2 is 2.33 bits per heavy atom. The van der Waals surface area contributed by atoms with Crippen molar-refractivity contribution >= 4 is 5.91 Å². The van der Waals surface area contributed by atoms with Crippen LogP contribution in [0.3, 0.4) is 0 Å². The molecular weight excluding hydrogens is 271 g/mol. The van der Waals surface area contributed by atoms with Crippen LogP contribution < -0.4 is 5.73 Å². The third-order valence-electron chi connectivity index (χ3n) is 3.89. The number of amides is 1. The summed E-state index contributed by atoms with van der Waals surface area (Å²) in [4.78, 5) is 13.6. The van der Waals surface area contributed by atoms with Crippen molar-refractivity contribution < 1.29 is 14.3 Å². The van der Waals surface area contributed by atoms with Crippen LogP contribution in [-0.4, -0.2) is 35.6 Å². The first-order valence-electron chi connectivity index (χ1n) is 6.85. The van der Waals surface area contributed by atoms with Gasteiger partial charge in [-0.3, -0.25) is 9.69 Å². The maximum atomic E-state index is 13.6. The number of halogens is 1. The Morgan fingerprint density at radius 1 is 1.57 bits per heavy atom. The van der Waals surface area contributed by atoms with Gasteiger partial charge in [-0.2, -0.15) is 0 Å². The molecule has 0 radical (unpaired) electrons. The maximum Gasteiger partial charge on any atom is 0.224 e. The van der Waals surface area contributed by atoms with Gasteiger partial charge in [-0.15, -0.1) is 0 Å². The molecular formula is C16H19FN2O2. The topological polar surface area (TPSA) is 66.6 Å². The van der Waals surface area contributed by atoms with E-state index in [2.05, 4.69) is 16.7 Å². The van der Waals surface area contributed by atoms with Gasteiger partial charge < -0.3 is 10.8 Å². The van der Waals surface area contributed by atoms with Crippen molar-refractivity contribution in [1.29, 1.82) is 0 Å². The predicted molar refractivity (Wildman–Crippen MR) is 77.6 cm³/mol. The first-order valence-corrected chi connectivity index (χ1v) is 6.85. The van der Waals surface area contributed by atoms with E-state index in [1.54, 1.807) is 12.1 Å². The molecule has 21 heavy (non-hydrogen) atoms. The number of hydrogen-bond donors (Lipinski definition) is 2. The van der Waals surface area contributed by atoms with Crippen LogP contribution in [0.2, 0.25) is 0 Å². The quantitative estimate of drug-likeness (QED) is 0.812. The molecule has 1 amide bonds. The molecule has 1 aromatic rings. The summed E-state index contributed by atoms with van der Waals surface area (Å²) in [6.45, 7) is 3.59. The van der Waals surface area contributed by atoms with Gasteiger partial charge in [0.15, 0.2) is 0 Å². The number of primary amides is 1. The Morgan fingerprint density at radius 3 is 2.95 bits per heavy atom. The summed E-state index contributed by atoms with van der Waals surface area (Å²) in [7, 11) is 0. The van der Waals surface area contributed by atoms with Gasteiger partial charge in [-0.1, -0.05) is 17.9 Å². The van der Waals surface area contributed by atoms with E-state index in [0.717, 1.165) is 18.5 Å². The smallest absolute Gasteiger partial charge is 0.224 e. The van der Waals surface area contributed by atoms with Crippen LogP contribution in [0.15, 0.2) is 18.2 Å². The molecule has 3 N–H and O–H groups in total. The summed E-state index contributed by atoms with van der Waals surface area (Å²) in [5, 5.41) is 8.68. The fourth-order valence-electron chi connectivity index (χ4n) is 2.55. The molecule has 0 aliphatic carbocycles. The minimum Gasteiger partial charge on any atom is -0.384 e. The molecule has 4 nitrogen and oxygen atoms in total. The van der Waals surface area contributed by atoms with Crippen molar-refractivity contribution in [3.8, 4) is 11.8 Å². The second-order valence-corrected chi connectivity index (χ2v) is 5.66. The second-order valence-electron chi connectivity index (χ2n) is 5.66.